The molecule has 3 unspecified atom stereocenters. The Labute approximate surface area is 207 Å². The Bertz CT molecular complexity index is 1110. The first-order valence-corrected chi connectivity index (χ1v) is 12.0. The van der Waals surface area contributed by atoms with Gasteiger partial charge in [0.05, 0.1) is 6.61 Å². The van der Waals surface area contributed by atoms with Gasteiger partial charge in [-0.2, -0.15) is 0 Å². The minimum absolute atomic E-state index is 0.0232. The number of aliphatic imine (C=N–C) groups is 1. The van der Waals surface area contributed by atoms with Gasteiger partial charge in [-0.25, -0.2) is 0 Å². The van der Waals surface area contributed by atoms with Crippen LogP contribution < -0.4 is 0 Å². The number of carbonyl (C=O) groups excluding carboxylic acids is 2. The van der Waals surface area contributed by atoms with Crippen molar-refractivity contribution in [3.63, 3.8) is 0 Å². The number of esters is 1. The summed E-state index contributed by atoms with van der Waals surface area (Å²) in [6.07, 6.45) is 1.01. The number of benzene rings is 2. The third-order valence-corrected chi connectivity index (χ3v) is 7.03. The first-order chi connectivity index (χ1) is 15.9. The van der Waals surface area contributed by atoms with Crippen LogP contribution >= 0.6 is 27.5 Å². The minimum Gasteiger partial charge on any atom is -0.463 e. The second-order valence-corrected chi connectivity index (χ2v) is 9.71. The fourth-order valence-corrected chi connectivity index (χ4v) is 5.07. The average Bonchev–Trinajstić information content (AvgIpc) is 2.79. The Morgan fingerprint density at radius 1 is 1.06 bits per heavy atom. The van der Waals surface area contributed by atoms with Crippen LogP contribution in [0.2, 0.25) is 5.02 Å². The summed E-state index contributed by atoms with van der Waals surface area (Å²) in [6, 6.07) is 15.4. The van der Waals surface area contributed by atoms with E-state index < -0.39 is 11.8 Å². The Kier molecular flexibility index (Phi) is 7.47. The van der Waals surface area contributed by atoms with Crippen LogP contribution in [0, 0.1) is 5.92 Å². The van der Waals surface area contributed by atoms with Gasteiger partial charge in [-0.1, -0.05) is 51.8 Å². The van der Waals surface area contributed by atoms with Gasteiger partial charge in [-0.3, -0.25) is 14.6 Å². The van der Waals surface area contributed by atoms with Crippen LogP contribution in [-0.4, -0.2) is 37.8 Å². The number of rotatable bonds is 6. The number of allylic oxidation sites excluding steroid dienone is 2. The van der Waals surface area contributed by atoms with Gasteiger partial charge in [0.15, 0.2) is 5.78 Å². The zero-order chi connectivity index (χ0) is 23.5. The van der Waals surface area contributed by atoms with E-state index in [2.05, 4.69) is 15.9 Å². The molecule has 2 aromatic carbocycles. The van der Waals surface area contributed by atoms with Crippen molar-refractivity contribution in [2.45, 2.75) is 31.6 Å². The summed E-state index contributed by atoms with van der Waals surface area (Å²) in [7, 11) is 1.56. The molecule has 0 bridgehead atoms. The molecule has 0 radical (unpaired) electrons. The predicted octanol–water partition coefficient (Wildman–Crippen LogP) is 5.87. The number of halogens is 2. The number of carbonyl (C=O) groups is 2. The SMILES string of the molecule is COCCOC(=O)C1C(C)=NC2=C(C(=O)CC(c3ccc(Cl)cc3)C2)C1c1ccc(Br)cc1. The van der Waals surface area contributed by atoms with Crippen molar-refractivity contribution in [1.29, 1.82) is 0 Å². The van der Waals surface area contributed by atoms with E-state index in [9.17, 15) is 9.59 Å². The maximum atomic E-state index is 13.5. The summed E-state index contributed by atoms with van der Waals surface area (Å²) < 4.78 is 11.4. The maximum Gasteiger partial charge on any atom is 0.315 e. The van der Waals surface area contributed by atoms with E-state index in [-0.39, 0.29) is 24.3 Å². The average molecular weight is 531 g/mol. The fraction of sp³-hybridized carbons (Fsp3) is 0.346. The molecule has 172 valence electrons. The third kappa shape index (κ3) is 5.13. The number of Topliss-reactive ketones (excluding diaryl/α,β-unsaturated/α-hetero) is 1. The normalized spacial score (nSPS) is 22.6. The smallest absolute Gasteiger partial charge is 0.315 e. The molecule has 2 aromatic rings. The Morgan fingerprint density at radius 3 is 2.39 bits per heavy atom. The minimum atomic E-state index is -0.655. The molecule has 2 aliphatic rings. The molecule has 5 nitrogen and oxygen atoms in total. The summed E-state index contributed by atoms with van der Waals surface area (Å²) in [5.41, 5.74) is 4.01. The molecular formula is C26H25BrClNO4. The molecular weight excluding hydrogens is 506 g/mol. The molecule has 0 amide bonds. The molecule has 0 saturated heterocycles. The molecule has 0 aromatic heterocycles. The Hall–Kier alpha value is -2.28. The highest BCUT2D eigenvalue weighted by molar-refractivity contribution is 9.10. The van der Waals surface area contributed by atoms with Gasteiger partial charge in [0.25, 0.3) is 0 Å². The van der Waals surface area contributed by atoms with Crippen LogP contribution in [-0.2, 0) is 19.1 Å². The van der Waals surface area contributed by atoms with Gasteiger partial charge in [0.2, 0.25) is 0 Å². The van der Waals surface area contributed by atoms with E-state index in [1.807, 2.05) is 55.5 Å². The zero-order valence-electron chi connectivity index (χ0n) is 18.5. The second kappa shape index (κ2) is 10.3. The van der Waals surface area contributed by atoms with Crippen molar-refractivity contribution >= 4 is 45.0 Å². The monoisotopic (exact) mass is 529 g/mol. The molecule has 4 rings (SSSR count). The highest BCUT2D eigenvalue weighted by Crippen LogP contribution is 2.47. The van der Waals surface area contributed by atoms with Crippen LogP contribution in [0.5, 0.6) is 0 Å². The lowest BCUT2D eigenvalue weighted by Crippen LogP contribution is -2.38. The van der Waals surface area contributed by atoms with E-state index in [4.69, 9.17) is 26.1 Å². The maximum absolute atomic E-state index is 13.5. The fourth-order valence-electron chi connectivity index (χ4n) is 4.68. The van der Waals surface area contributed by atoms with Crippen LogP contribution in [0.4, 0.5) is 0 Å². The van der Waals surface area contributed by atoms with Crippen molar-refractivity contribution in [3.05, 3.63) is 80.4 Å². The van der Waals surface area contributed by atoms with Crippen LogP contribution in [0.1, 0.15) is 42.7 Å². The largest absolute Gasteiger partial charge is 0.463 e. The topological polar surface area (TPSA) is 65.0 Å². The standard InChI is InChI=1S/C26H25BrClNO4/c1-15-23(26(31)33-12-11-32-2)24(17-3-7-19(27)8-4-17)25-21(29-15)13-18(14-22(25)30)16-5-9-20(28)10-6-16/h3-10,18,23-24H,11-14H2,1-2H3. The van der Waals surface area contributed by atoms with Gasteiger partial charge in [0.1, 0.15) is 12.5 Å². The first-order valence-electron chi connectivity index (χ1n) is 10.9. The highest BCUT2D eigenvalue weighted by atomic mass is 79.9. The van der Waals surface area contributed by atoms with Crippen LogP contribution in [0.15, 0.2) is 69.3 Å². The molecule has 7 heteroatoms. The quantitative estimate of drug-likeness (QED) is 0.346. The van der Waals surface area contributed by atoms with E-state index in [0.29, 0.717) is 35.8 Å². The van der Waals surface area contributed by atoms with Crippen LogP contribution in [0.3, 0.4) is 0 Å². The molecule has 0 fully saturated rings. The molecule has 1 aliphatic heterocycles. The molecule has 1 heterocycles. The van der Waals surface area contributed by atoms with Crippen molar-refractivity contribution < 1.29 is 19.1 Å². The van der Waals surface area contributed by atoms with Gasteiger partial charge in [0, 0.05) is 45.9 Å². The second-order valence-electron chi connectivity index (χ2n) is 8.36. The summed E-state index contributed by atoms with van der Waals surface area (Å²) in [5.74, 6) is -1.42. The van der Waals surface area contributed by atoms with E-state index in [1.165, 1.54) is 0 Å². The number of ether oxygens (including phenoxy) is 2. The van der Waals surface area contributed by atoms with Gasteiger partial charge in [-0.05, 0) is 54.7 Å². The van der Waals surface area contributed by atoms with E-state index in [0.717, 1.165) is 21.3 Å². The molecule has 0 saturated carbocycles. The molecule has 1 aliphatic carbocycles. The highest BCUT2D eigenvalue weighted by Gasteiger charge is 2.44. The zero-order valence-corrected chi connectivity index (χ0v) is 20.9. The Morgan fingerprint density at radius 2 is 1.73 bits per heavy atom. The summed E-state index contributed by atoms with van der Waals surface area (Å²) in [6.45, 7) is 2.31. The van der Waals surface area contributed by atoms with Crippen molar-refractivity contribution in [3.8, 4) is 0 Å². The third-order valence-electron chi connectivity index (χ3n) is 6.24. The van der Waals surface area contributed by atoms with Crippen molar-refractivity contribution in [2.75, 3.05) is 20.3 Å². The number of hydrogen-bond donors (Lipinski definition) is 0. The van der Waals surface area contributed by atoms with Crippen molar-refractivity contribution in [2.24, 2.45) is 10.9 Å². The Balaban J connectivity index is 1.73. The van der Waals surface area contributed by atoms with Crippen LogP contribution in [0.25, 0.3) is 0 Å². The lowest BCUT2D eigenvalue weighted by Gasteiger charge is -2.36. The summed E-state index contributed by atoms with van der Waals surface area (Å²) in [4.78, 5) is 31.4. The first kappa shape index (κ1) is 23.9. The lowest BCUT2D eigenvalue weighted by molar-refractivity contribution is -0.147. The van der Waals surface area contributed by atoms with E-state index in [1.54, 1.807) is 7.11 Å². The number of ketones is 1. The van der Waals surface area contributed by atoms with E-state index >= 15 is 0 Å². The lowest BCUT2D eigenvalue weighted by atomic mass is 9.69. The number of hydrogen-bond acceptors (Lipinski definition) is 5. The molecule has 0 N–H and O–H groups in total. The summed E-state index contributed by atoms with van der Waals surface area (Å²) in [5, 5.41) is 0.664. The van der Waals surface area contributed by atoms with Crippen molar-refractivity contribution in [1.82, 2.24) is 0 Å². The van der Waals surface area contributed by atoms with Gasteiger partial charge in [-0.15, -0.1) is 0 Å². The van der Waals surface area contributed by atoms with Gasteiger partial charge >= 0.3 is 5.97 Å². The summed E-state index contributed by atoms with van der Waals surface area (Å²) >= 11 is 9.51. The molecule has 3 atom stereocenters. The molecule has 0 spiro atoms. The van der Waals surface area contributed by atoms with Gasteiger partial charge < -0.3 is 9.47 Å². The number of methoxy groups -OCH3 is 1. The predicted molar refractivity (Wildman–Crippen MR) is 132 cm³/mol. The molecule has 33 heavy (non-hydrogen) atoms. The number of nitrogens with zero attached hydrogens (tertiary/aromatic N) is 1.